The summed E-state index contributed by atoms with van der Waals surface area (Å²) in [6, 6.07) is 20.8. The Kier molecular flexibility index (Phi) is 7.68. The second-order valence-corrected chi connectivity index (χ2v) is 8.99. The van der Waals surface area contributed by atoms with Gasteiger partial charge in [0.2, 0.25) is 5.91 Å². The number of hydrogen-bond donors (Lipinski definition) is 2. The number of ether oxygens (including phenoxy) is 2. The van der Waals surface area contributed by atoms with E-state index in [1.165, 1.54) is 0 Å². The fraction of sp³-hybridized carbons (Fsp3) is 0.276. The maximum absolute atomic E-state index is 12.8. The van der Waals surface area contributed by atoms with Crippen LogP contribution in [0.3, 0.4) is 0 Å². The molecule has 0 fully saturated rings. The van der Waals surface area contributed by atoms with Gasteiger partial charge in [0.15, 0.2) is 0 Å². The van der Waals surface area contributed by atoms with Crippen LogP contribution in [0.2, 0.25) is 0 Å². The van der Waals surface area contributed by atoms with E-state index in [-0.39, 0.29) is 32.0 Å². The number of nitrogens with one attached hydrogen (secondary N) is 1. The van der Waals surface area contributed by atoms with E-state index in [0.29, 0.717) is 0 Å². The molecule has 0 spiro atoms. The molecule has 1 aliphatic rings. The minimum Gasteiger partial charge on any atom is -0.459 e. The van der Waals surface area contributed by atoms with Crippen LogP contribution in [0.15, 0.2) is 66.7 Å². The molecule has 0 saturated carbocycles. The van der Waals surface area contributed by atoms with Gasteiger partial charge in [-0.05, 0) is 59.2 Å². The lowest BCUT2D eigenvalue weighted by atomic mass is 9.98. The van der Waals surface area contributed by atoms with Crippen molar-refractivity contribution in [2.24, 2.45) is 5.73 Å². The summed E-state index contributed by atoms with van der Waals surface area (Å²) in [4.78, 5) is 36.8. The van der Waals surface area contributed by atoms with E-state index >= 15 is 0 Å². The third kappa shape index (κ3) is 5.57. The van der Waals surface area contributed by atoms with Crippen molar-refractivity contribution in [1.29, 1.82) is 0 Å². The summed E-state index contributed by atoms with van der Waals surface area (Å²) in [5.41, 5.74) is 12.7. The monoisotopic (exact) mass is 486 g/mol. The average molecular weight is 487 g/mol. The highest BCUT2D eigenvalue weighted by Gasteiger charge is 2.30. The Labute approximate surface area is 210 Å². The van der Waals surface area contributed by atoms with E-state index in [1.807, 2.05) is 68.4 Å². The van der Waals surface area contributed by atoms with E-state index < -0.39 is 24.0 Å². The number of nitrogens with two attached hydrogens (primary N) is 1. The van der Waals surface area contributed by atoms with Gasteiger partial charge in [-0.15, -0.1) is 0 Å². The molecule has 186 valence electrons. The fourth-order valence-corrected chi connectivity index (χ4v) is 4.54. The molecule has 0 aliphatic heterocycles. The van der Waals surface area contributed by atoms with Crippen LogP contribution in [0.25, 0.3) is 11.1 Å². The Morgan fingerprint density at radius 3 is 2.17 bits per heavy atom. The molecule has 0 saturated heterocycles. The molecule has 3 aromatic carbocycles. The van der Waals surface area contributed by atoms with Gasteiger partial charge in [-0.25, -0.2) is 9.59 Å². The molecule has 7 heteroatoms. The number of esters is 1. The molecule has 2 amide bonds. The maximum Gasteiger partial charge on any atom is 0.407 e. The molecule has 0 heterocycles. The average Bonchev–Trinajstić information content (AvgIpc) is 3.19. The van der Waals surface area contributed by atoms with Crippen LogP contribution >= 0.6 is 0 Å². The minimum atomic E-state index is -1.06. The highest BCUT2D eigenvalue weighted by Crippen LogP contribution is 2.44. The van der Waals surface area contributed by atoms with E-state index in [0.717, 1.165) is 38.9 Å². The molecule has 0 radical (unpaired) electrons. The Balaban J connectivity index is 1.40. The molecular formula is C29H30N2O5. The van der Waals surface area contributed by atoms with Crippen LogP contribution in [0.1, 0.15) is 46.6 Å². The SMILES string of the molecule is Cc1cccc(COC(=O)[C@H](CCC(N)=O)NC(=O)OCC2c3ccccc3-c3ccccc32)c1C. The van der Waals surface area contributed by atoms with Gasteiger partial charge in [0.25, 0.3) is 0 Å². The lowest BCUT2D eigenvalue weighted by Gasteiger charge is -2.19. The van der Waals surface area contributed by atoms with Crippen LogP contribution in [0.4, 0.5) is 4.79 Å². The van der Waals surface area contributed by atoms with Gasteiger partial charge in [-0.2, -0.15) is 0 Å². The number of amides is 2. The molecule has 0 aromatic heterocycles. The van der Waals surface area contributed by atoms with Crippen molar-refractivity contribution in [1.82, 2.24) is 5.32 Å². The van der Waals surface area contributed by atoms with Crippen LogP contribution < -0.4 is 11.1 Å². The Bertz CT molecular complexity index is 1240. The summed E-state index contributed by atoms with van der Waals surface area (Å²) in [6.45, 7) is 4.11. The molecular weight excluding hydrogens is 456 g/mol. The summed E-state index contributed by atoms with van der Waals surface area (Å²) in [5, 5.41) is 2.56. The smallest absolute Gasteiger partial charge is 0.407 e. The molecule has 3 N–H and O–H groups in total. The van der Waals surface area contributed by atoms with E-state index in [9.17, 15) is 14.4 Å². The number of fused-ring (bicyclic) bond motifs is 3. The first kappa shape index (κ1) is 25.0. The lowest BCUT2D eigenvalue weighted by Crippen LogP contribution is -2.43. The van der Waals surface area contributed by atoms with Crippen molar-refractivity contribution in [2.75, 3.05) is 6.61 Å². The van der Waals surface area contributed by atoms with Gasteiger partial charge in [-0.3, -0.25) is 4.79 Å². The zero-order valence-corrected chi connectivity index (χ0v) is 20.5. The Morgan fingerprint density at radius 2 is 1.53 bits per heavy atom. The van der Waals surface area contributed by atoms with Gasteiger partial charge in [0.1, 0.15) is 19.3 Å². The topological polar surface area (TPSA) is 108 Å². The first-order valence-corrected chi connectivity index (χ1v) is 12.0. The Hall–Kier alpha value is -4.13. The van der Waals surface area contributed by atoms with Crippen LogP contribution in [0.5, 0.6) is 0 Å². The number of benzene rings is 3. The lowest BCUT2D eigenvalue weighted by molar-refractivity contribution is -0.147. The van der Waals surface area contributed by atoms with E-state index in [4.69, 9.17) is 15.2 Å². The van der Waals surface area contributed by atoms with Gasteiger partial charge in [0, 0.05) is 12.3 Å². The zero-order valence-electron chi connectivity index (χ0n) is 20.5. The fourth-order valence-electron chi connectivity index (χ4n) is 4.54. The van der Waals surface area contributed by atoms with Crippen LogP contribution in [-0.2, 0) is 25.7 Å². The van der Waals surface area contributed by atoms with Gasteiger partial charge in [0.05, 0.1) is 0 Å². The molecule has 1 atom stereocenters. The number of rotatable bonds is 9. The quantitative estimate of drug-likeness (QED) is 0.433. The predicted molar refractivity (Wildman–Crippen MR) is 136 cm³/mol. The van der Waals surface area contributed by atoms with Gasteiger partial charge >= 0.3 is 12.1 Å². The number of hydrogen-bond acceptors (Lipinski definition) is 5. The van der Waals surface area contributed by atoms with Crippen molar-refractivity contribution in [3.05, 3.63) is 94.5 Å². The highest BCUT2D eigenvalue weighted by atomic mass is 16.6. The van der Waals surface area contributed by atoms with E-state index in [1.54, 1.807) is 0 Å². The standard InChI is InChI=1S/C29H30N2O5/c1-18-8-7-9-20(19(18)2)16-35-28(33)26(14-15-27(30)32)31-29(34)36-17-25-23-12-5-3-10-21(23)22-11-4-6-13-24(22)25/h3-13,25-26H,14-17H2,1-2H3,(H2,30,32)(H,31,34)/t26-/m0/s1. The van der Waals surface area contributed by atoms with Crippen LogP contribution in [-0.4, -0.2) is 30.6 Å². The summed E-state index contributed by atoms with van der Waals surface area (Å²) in [7, 11) is 0. The van der Waals surface area contributed by atoms with Gasteiger partial charge < -0.3 is 20.5 Å². The van der Waals surface area contributed by atoms with Gasteiger partial charge in [-0.1, -0.05) is 66.7 Å². The second-order valence-electron chi connectivity index (χ2n) is 8.99. The van der Waals surface area contributed by atoms with E-state index in [2.05, 4.69) is 17.4 Å². The molecule has 0 bridgehead atoms. The zero-order chi connectivity index (χ0) is 25.7. The van der Waals surface area contributed by atoms with Crippen molar-refractivity contribution in [3.8, 4) is 11.1 Å². The predicted octanol–water partition coefficient (Wildman–Crippen LogP) is 4.52. The summed E-state index contributed by atoms with van der Waals surface area (Å²) in [5.74, 6) is -1.33. The number of carbonyl (C=O) groups is 3. The van der Waals surface area contributed by atoms with Crippen molar-refractivity contribution in [2.45, 2.75) is 45.3 Å². The number of primary amides is 1. The maximum atomic E-state index is 12.8. The van der Waals surface area contributed by atoms with Crippen molar-refractivity contribution < 1.29 is 23.9 Å². The third-order valence-corrected chi connectivity index (χ3v) is 6.69. The summed E-state index contributed by atoms with van der Waals surface area (Å²) in [6.07, 6.45) is -0.812. The van der Waals surface area contributed by atoms with Crippen LogP contribution in [0, 0.1) is 13.8 Å². The summed E-state index contributed by atoms with van der Waals surface area (Å²) < 4.78 is 11.0. The first-order chi connectivity index (χ1) is 17.3. The summed E-state index contributed by atoms with van der Waals surface area (Å²) >= 11 is 0. The second kappa shape index (κ2) is 11.1. The molecule has 3 aromatic rings. The third-order valence-electron chi connectivity index (χ3n) is 6.69. The number of aryl methyl sites for hydroxylation is 1. The molecule has 1 aliphatic carbocycles. The van der Waals surface area contributed by atoms with Crippen molar-refractivity contribution >= 4 is 18.0 Å². The number of alkyl carbamates (subject to hydrolysis) is 1. The largest absolute Gasteiger partial charge is 0.459 e. The van der Waals surface area contributed by atoms with Crippen molar-refractivity contribution in [3.63, 3.8) is 0 Å². The molecule has 0 unspecified atom stereocenters. The Morgan fingerprint density at radius 1 is 0.889 bits per heavy atom. The number of carbonyl (C=O) groups excluding carboxylic acids is 3. The highest BCUT2D eigenvalue weighted by molar-refractivity contribution is 5.83. The molecule has 36 heavy (non-hydrogen) atoms. The minimum absolute atomic E-state index is 0.0190. The first-order valence-electron chi connectivity index (χ1n) is 12.0. The molecule has 4 rings (SSSR count). The normalized spacial score (nSPS) is 12.8. The molecule has 7 nitrogen and oxygen atoms in total.